The first kappa shape index (κ1) is 24.2. The molecule has 0 amide bonds. The number of furan rings is 1. The maximum atomic E-state index is 11.8. The van der Waals surface area contributed by atoms with Gasteiger partial charge in [-0.05, 0) is 38.0 Å². The minimum atomic E-state index is -0.400. The van der Waals surface area contributed by atoms with E-state index in [1.165, 1.54) is 18.2 Å². The highest BCUT2D eigenvalue weighted by Crippen LogP contribution is 2.25. The molecule has 0 bridgehead atoms. The summed E-state index contributed by atoms with van der Waals surface area (Å²) < 4.78 is 16.5. The molecule has 0 spiro atoms. The number of ether oxygens (including phenoxy) is 2. The lowest BCUT2D eigenvalue weighted by atomic mass is 10.0. The van der Waals surface area contributed by atoms with Gasteiger partial charge in [0.25, 0.3) is 0 Å². The lowest BCUT2D eigenvalue weighted by molar-refractivity contribution is -0.00834. The van der Waals surface area contributed by atoms with Gasteiger partial charge < -0.3 is 24.1 Å². The Bertz CT molecular complexity index is 881. The summed E-state index contributed by atoms with van der Waals surface area (Å²) in [5, 5.41) is 3.35. The van der Waals surface area contributed by atoms with E-state index in [4.69, 9.17) is 18.9 Å². The highest BCUT2D eigenvalue weighted by Gasteiger charge is 2.25. The number of methoxy groups -OCH3 is 1. The summed E-state index contributed by atoms with van der Waals surface area (Å²) in [6, 6.07) is 10.0. The number of aryl methyl sites for hydroxylation is 2. The molecule has 0 radical (unpaired) electrons. The Kier molecular flexibility index (Phi) is 9.16. The number of guanidine groups is 1. The van der Waals surface area contributed by atoms with E-state index in [0.717, 1.165) is 25.6 Å². The average Bonchev–Trinajstić information content (AvgIpc) is 3.11. The number of hydrogen-bond acceptors (Lipinski definition) is 5. The molecule has 1 N–H and O–H groups in total. The number of esters is 1. The molecule has 1 fully saturated rings. The maximum absolute atomic E-state index is 11.8. The molecule has 1 aromatic heterocycles. The lowest BCUT2D eigenvalue weighted by Gasteiger charge is -2.35. The Balaban J connectivity index is 0.00000320. The second-order valence-corrected chi connectivity index (χ2v) is 7.01. The van der Waals surface area contributed by atoms with Crippen molar-refractivity contribution in [2.24, 2.45) is 4.99 Å². The van der Waals surface area contributed by atoms with Gasteiger partial charge in [-0.3, -0.25) is 0 Å². The molecule has 2 heterocycles. The van der Waals surface area contributed by atoms with Gasteiger partial charge in [0.15, 0.2) is 5.96 Å². The molecule has 164 valence electrons. The summed E-state index contributed by atoms with van der Waals surface area (Å²) in [7, 11) is 1.36. The summed E-state index contributed by atoms with van der Waals surface area (Å²) in [6.07, 6.45) is 0.00518. The van der Waals surface area contributed by atoms with Crippen molar-refractivity contribution < 1.29 is 18.7 Å². The molecular formula is C22H30IN3O4. The van der Waals surface area contributed by atoms with Crippen molar-refractivity contribution >= 4 is 35.9 Å². The highest BCUT2D eigenvalue weighted by atomic mass is 127. The fourth-order valence-electron chi connectivity index (χ4n) is 3.49. The van der Waals surface area contributed by atoms with Crippen LogP contribution in [0, 0.1) is 13.8 Å². The molecule has 1 aromatic carbocycles. The van der Waals surface area contributed by atoms with Crippen molar-refractivity contribution in [3.05, 3.63) is 58.5 Å². The monoisotopic (exact) mass is 527 g/mol. The molecule has 0 saturated carbocycles. The van der Waals surface area contributed by atoms with Crippen LogP contribution < -0.4 is 5.32 Å². The van der Waals surface area contributed by atoms with E-state index in [2.05, 4.69) is 29.3 Å². The third-order valence-electron chi connectivity index (χ3n) is 4.99. The number of benzene rings is 1. The fourth-order valence-corrected chi connectivity index (χ4v) is 3.49. The van der Waals surface area contributed by atoms with Crippen molar-refractivity contribution in [1.82, 2.24) is 10.2 Å². The second kappa shape index (κ2) is 11.4. The SMILES string of the molecule is CCNC(=NCc1cc(C(=O)OC)c(C)o1)N1CCOC(c2ccccc2C)C1.I. The van der Waals surface area contributed by atoms with Crippen LogP contribution in [0.2, 0.25) is 0 Å². The first-order valence-electron chi connectivity index (χ1n) is 9.91. The summed E-state index contributed by atoms with van der Waals surface area (Å²) in [6.45, 7) is 9.12. The van der Waals surface area contributed by atoms with Crippen molar-refractivity contribution in [3.8, 4) is 0 Å². The Morgan fingerprint density at radius 2 is 2.10 bits per heavy atom. The summed E-state index contributed by atoms with van der Waals surface area (Å²) in [4.78, 5) is 18.7. The molecule has 1 aliphatic heterocycles. The minimum Gasteiger partial charge on any atom is -0.465 e. The van der Waals surface area contributed by atoms with Gasteiger partial charge in [-0.25, -0.2) is 9.79 Å². The predicted octanol–water partition coefficient (Wildman–Crippen LogP) is 3.84. The van der Waals surface area contributed by atoms with Crippen LogP contribution in [0.25, 0.3) is 0 Å². The van der Waals surface area contributed by atoms with Crippen molar-refractivity contribution in [1.29, 1.82) is 0 Å². The number of halogens is 1. The number of aliphatic imine (C=N–C) groups is 1. The first-order valence-corrected chi connectivity index (χ1v) is 9.91. The molecule has 0 aliphatic carbocycles. The van der Waals surface area contributed by atoms with E-state index < -0.39 is 5.97 Å². The van der Waals surface area contributed by atoms with Crippen LogP contribution in [-0.2, 0) is 16.0 Å². The van der Waals surface area contributed by atoms with Gasteiger partial charge in [0.2, 0.25) is 0 Å². The molecular weight excluding hydrogens is 497 g/mol. The Morgan fingerprint density at radius 3 is 2.80 bits per heavy atom. The largest absolute Gasteiger partial charge is 0.465 e. The molecule has 1 aliphatic rings. The van der Waals surface area contributed by atoms with Gasteiger partial charge in [0.1, 0.15) is 29.7 Å². The molecule has 2 aromatic rings. The average molecular weight is 527 g/mol. The van der Waals surface area contributed by atoms with E-state index in [1.54, 1.807) is 13.0 Å². The van der Waals surface area contributed by atoms with Crippen LogP contribution >= 0.6 is 24.0 Å². The minimum absolute atomic E-state index is 0. The quantitative estimate of drug-likeness (QED) is 0.276. The number of carbonyl (C=O) groups is 1. The molecule has 7 nitrogen and oxygen atoms in total. The van der Waals surface area contributed by atoms with Gasteiger partial charge in [-0.15, -0.1) is 24.0 Å². The highest BCUT2D eigenvalue weighted by molar-refractivity contribution is 14.0. The van der Waals surface area contributed by atoms with Crippen molar-refractivity contribution in [2.45, 2.75) is 33.4 Å². The predicted molar refractivity (Wildman–Crippen MR) is 126 cm³/mol. The molecule has 30 heavy (non-hydrogen) atoms. The van der Waals surface area contributed by atoms with Crippen LogP contribution in [0.1, 0.15) is 46.0 Å². The number of morpholine rings is 1. The number of hydrogen-bond donors (Lipinski definition) is 1. The molecule has 8 heteroatoms. The maximum Gasteiger partial charge on any atom is 0.341 e. The van der Waals surface area contributed by atoms with Crippen LogP contribution in [-0.4, -0.2) is 50.2 Å². The Hall–Kier alpha value is -2.07. The number of rotatable bonds is 5. The van der Waals surface area contributed by atoms with E-state index >= 15 is 0 Å². The van der Waals surface area contributed by atoms with Gasteiger partial charge in [-0.1, -0.05) is 24.3 Å². The molecule has 1 unspecified atom stereocenters. The standard InChI is InChI=1S/C22H29N3O4.HI/c1-5-23-22(24-13-17-12-19(16(3)29-17)21(26)27-4)25-10-11-28-20(14-25)18-9-7-6-8-15(18)2;/h6-9,12,20H,5,10-11,13-14H2,1-4H3,(H,23,24);1H. The molecule has 1 saturated heterocycles. The number of nitrogens with zero attached hydrogens (tertiary/aromatic N) is 2. The lowest BCUT2D eigenvalue weighted by Crippen LogP contribution is -2.48. The van der Waals surface area contributed by atoms with Crippen molar-refractivity contribution in [3.63, 3.8) is 0 Å². The van der Waals surface area contributed by atoms with Gasteiger partial charge in [-0.2, -0.15) is 0 Å². The smallest absolute Gasteiger partial charge is 0.341 e. The van der Waals surface area contributed by atoms with Gasteiger partial charge in [0.05, 0.1) is 20.3 Å². The van der Waals surface area contributed by atoms with E-state index in [9.17, 15) is 4.79 Å². The normalized spacial score (nSPS) is 16.7. The topological polar surface area (TPSA) is 76.3 Å². The van der Waals surface area contributed by atoms with Crippen LogP contribution in [0.3, 0.4) is 0 Å². The van der Waals surface area contributed by atoms with E-state index in [1.807, 2.05) is 19.1 Å². The number of carbonyl (C=O) groups excluding carboxylic acids is 1. The fraction of sp³-hybridized carbons (Fsp3) is 0.455. The molecule has 3 rings (SSSR count). The van der Waals surface area contributed by atoms with Crippen LogP contribution in [0.4, 0.5) is 0 Å². The zero-order valence-electron chi connectivity index (χ0n) is 17.9. The Labute approximate surface area is 194 Å². The third-order valence-corrected chi connectivity index (χ3v) is 4.99. The van der Waals surface area contributed by atoms with Gasteiger partial charge >= 0.3 is 5.97 Å². The summed E-state index contributed by atoms with van der Waals surface area (Å²) in [5.74, 6) is 1.57. The van der Waals surface area contributed by atoms with Crippen LogP contribution in [0.15, 0.2) is 39.7 Å². The summed E-state index contributed by atoms with van der Waals surface area (Å²) >= 11 is 0. The first-order chi connectivity index (χ1) is 14.0. The zero-order chi connectivity index (χ0) is 20.8. The zero-order valence-corrected chi connectivity index (χ0v) is 20.3. The second-order valence-electron chi connectivity index (χ2n) is 7.01. The van der Waals surface area contributed by atoms with Gasteiger partial charge in [0, 0.05) is 13.1 Å². The Morgan fingerprint density at radius 1 is 1.33 bits per heavy atom. The van der Waals surface area contributed by atoms with E-state index in [0.29, 0.717) is 30.2 Å². The molecule has 1 atom stereocenters. The summed E-state index contributed by atoms with van der Waals surface area (Å²) in [5.41, 5.74) is 2.87. The third kappa shape index (κ3) is 5.75. The van der Waals surface area contributed by atoms with Crippen LogP contribution in [0.5, 0.6) is 0 Å². The number of nitrogens with one attached hydrogen (secondary N) is 1. The van der Waals surface area contributed by atoms with Crippen molar-refractivity contribution in [2.75, 3.05) is 33.4 Å². The van der Waals surface area contributed by atoms with E-state index in [-0.39, 0.29) is 30.1 Å².